The van der Waals surface area contributed by atoms with Crippen molar-refractivity contribution in [3.05, 3.63) is 35.4 Å². The van der Waals surface area contributed by atoms with Gasteiger partial charge in [0.25, 0.3) is 0 Å². The molecule has 0 bridgehead atoms. The maximum absolute atomic E-state index is 15.0. The summed E-state index contributed by atoms with van der Waals surface area (Å²) in [6.07, 6.45) is 13.5. The van der Waals surface area contributed by atoms with Crippen molar-refractivity contribution in [1.29, 1.82) is 0 Å². The van der Waals surface area contributed by atoms with E-state index in [9.17, 15) is 18.8 Å². The molecule has 0 radical (unpaired) electrons. The van der Waals surface area contributed by atoms with Gasteiger partial charge in [-0.15, -0.1) is 0 Å². The number of benzene rings is 1. The largest absolute Gasteiger partial charge is 0.381 e. The Balaban J connectivity index is 1.32. The lowest BCUT2D eigenvalue weighted by molar-refractivity contribution is -0.139. The summed E-state index contributed by atoms with van der Waals surface area (Å²) in [6.45, 7) is 6.41. The summed E-state index contributed by atoms with van der Waals surface area (Å²) < 4.78 is 34.3. The quantitative estimate of drug-likeness (QED) is 0.310. The Morgan fingerprint density at radius 3 is 2.31 bits per heavy atom. The van der Waals surface area contributed by atoms with Crippen molar-refractivity contribution >= 4 is 17.7 Å². The van der Waals surface area contributed by atoms with E-state index in [2.05, 4.69) is 20.9 Å². The normalized spacial score (nSPS) is 26.6. The molecule has 3 N–H and O–H groups in total. The number of likely N-dealkylation sites (tertiary alicyclic amines) is 1. The minimum Gasteiger partial charge on any atom is -0.381 e. The average molecular weight is 674 g/mol. The number of hydrogen-bond donors (Lipinski definition) is 3. The van der Waals surface area contributed by atoms with Gasteiger partial charge in [-0.1, -0.05) is 44.6 Å². The van der Waals surface area contributed by atoms with Gasteiger partial charge < -0.3 is 20.3 Å². The van der Waals surface area contributed by atoms with E-state index in [-0.39, 0.29) is 48.4 Å². The maximum Gasteiger partial charge on any atom is 0.243 e. The number of nitrogens with zero attached hydrogens (tertiary/aromatic N) is 2. The number of halogens is 2. The molecule has 3 amide bonds. The second kappa shape index (κ2) is 17.9. The molecule has 268 valence electrons. The minimum absolute atomic E-state index is 0.0971. The summed E-state index contributed by atoms with van der Waals surface area (Å²) >= 11 is 0. The lowest BCUT2D eigenvalue weighted by Crippen LogP contribution is -2.58. The Labute approximate surface area is 285 Å². The second-order valence-electron chi connectivity index (χ2n) is 14.7. The Kier molecular flexibility index (Phi) is 13.6. The van der Waals surface area contributed by atoms with Gasteiger partial charge in [0.1, 0.15) is 17.7 Å². The van der Waals surface area contributed by atoms with Gasteiger partial charge in [-0.3, -0.25) is 24.6 Å². The molecule has 1 aromatic carbocycles. The van der Waals surface area contributed by atoms with Crippen LogP contribution in [-0.2, 0) is 19.1 Å². The zero-order chi connectivity index (χ0) is 34.0. The highest BCUT2D eigenvalue weighted by atomic mass is 19.1. The molecule has 4 aliphatic rings. The summed E-state index contributed by atoms with van der Waals surface area (Å²) in [5, 5.41) is 9.66. The van der Waals surface area contributed by atoms with E-state index in [4.69, 9.17) is 4.74 Å². The Bertz CT molecular complexity index is 1220. The molecule has 9 nitrogen and oxygen atoms in total. The van der Waals surface area contributed by atoms with Crippen molar-refractivity contribution < 1.29 is 27.9 Å². The first-order valence-electron chi connectivity index (χ1n) is 18.6. The van der Waals surface area contributed by atoms with E-state index in [1.807, 2.05) is 18.7 Å². The van der Waals surface area contributed by atoms with Gasteiger partial charge in [-0.2, -0.15) is 0 Å². The fraction of sp³-hybridized carbons (Fsp3) is 0.757. The standard InChI is InChI=1S/C37H57F2N5O4/c1-25-11-9-10-18-43(25)35(46)23-32(41-34(45)21-27-16-19-48-20-17-27)37(47)40-26(2)36-42-33(30-15-14-28(38)22-31(30)39)24-44(36)29-12-7-5-3-4-6-8-13-29/h14-15,22,25-27,29,32-33,36,42H,3-13,16-21,23-24H2,1-2H3,(H,40,47)(H,41,45)/t25-,26-,32-,33?,36?/m0/s1. The molecule has 3 aliphatic heterocycles. The number of carbonyl (C=O) groups is 3. The predicted octanol–water partition coefficient (Wildman–Crippen LogP) is 5.34. The van der Waals surface area contributed by atoms with Crippen LogP contribution in [0.25, 0.3) is 0 Å². The number of piperidine rings is 1. The van der Waals surface area contributed by atoms with Crippen molar-refractivity contribution in [3.8, 4) is 0 Å². The van der Waals surface area contributed by atoms with Crippen molar-refractivity contribution in [1.82, 2.24) is 25.8 Å². The molecule has 3 saturated heterocycles. The highest BCUT2D eigenvalue weighted by molar-refractivity contribution is 5.92. The monoisotopic (exact) mass is 673 g/mol. The molecule has 1 saturated carbocycles. The number of carbonyl (C=O) groups excluding carboxylic acids is 3. The zero-order valence-corrected chi connectivity index (χ0v) is 29.0. The van der Waals surface area contributed by atoms with Gasteiger partial charge in [-0.05, 0) is 70.8 Å². The van der Waals surface area contributed by atoms with E-state index in [1.165, 1.54) is 37.8 Å². The fourth-order valence-corrected chi connectivity index (χ4v) is 8.24. The molecule has 5 atom stereocenters. The second-order valence-corrected chi connectivity index (χ2v) is 14.7. The number of rotatable bonds is 10. The van der Waals surface area contributed by atoms with Crippen molar-refractivity contribution in [2.24, 2.45) is 5.92 Å². The molecule has 2 unspecified atom stereocenters. The van der Waals surface area contributed by atoms with Crippen molar-refractivity contribution in [3.63, 3.8) is 0 Å². The molecular weight excluding hydrogens is 616 g/mol. The van der Waals surface area contributed by atoms with Crippen LogP contribution in [0.1, 0.15) is 122 Å². The predicted molar refractivity (Wildman–Crippen MR) is 181 cm³/mol. The van der Waals surface area contributed by atoms with E-state index in [0.29, 0.717) is 38.3 Å². The van der Waals surface area contributed by atoms with Crippen LogP contribution in [0.5, 0.6) is 0 Å². The zero-order valence-electron chi connectivity index (χ0n) is 29.0. The van der Waals surface area contributed by atoms with Gasteiger partial charge in [0.05, 0.1) is 18.6 Å². The average Bonchev–Trinajstić information content (AvgIpc) is 3.55. The highest BCUT2D eigenvalue weighted by Crippen LogP contribution is 2.32. The van der Waals surface area contributed by atoms with Gasteiger partial charge in [-0.25, -0.2) is 8.78 Å². The molecule has 5 rings (SSSR count). The van der Waals surface area contributed by atoms with E-state index >= 15 is 4.39 Å². The maximum atomic E-state index is 15.0. The van der Waals surface area contributed by atoms with Crippen LogP contribution in [0.15, 0.2) is 18.2 Å². The third kappa shape index (κ3) is 9.97. The molecule has 1 aliphatic carbocycles. The molecule has 48 heavy (non-hydrogen) atoms. The van der Waals surface area contributed by atoms with Crippen LogP contribution in [0, 0.1) is 17.6 Å². The number of nitrogens with one attached hydrogen (secondary N) is 3. The summed E-state index contributed by atoms with van der Waals surface area (Å²) in [5.74, 6) is -1.76. The molecule has 0 spiro atoms. The Morgan fingerprint density at radius 2 is 1.62 bits per heavy atom. The molecule has 4 fully saturated rings. The van der Waals surface area contributed by atoms with Crippen molar-refractivity contribution in [2.45, 2.75) is 147 Å². The number of amides is 3. The van der Waals surface area contributed by atoms with E-state index in [1.54, 1.807) is 0 Å². The first kappa shape index (κ1) is 36.6. The van der Waals surface area contributed by atoms with Gasteiger partial charge in [0.2, 0.25) is 17.7 Å². The Morgan fingerprint density at radius 1 is 0.938 bits per heavy atom. The first-order valence-corrected chi connectivity index (χ1v) is 18.6. The lowest BCUT2D eigenvalue weighted by Gasteiger charge is -2.37. The van der Waals surface area contributed by atoms with Crippen LogP contribution in [0.2, 0.25) is 0 Å². The topological polar surface area (TPSA) is 103 Å². The molecule has 3 heterocycles. The molecule has 11 heteroatoms. The van der Waals surface area contributed by atoms with Crippen LogP contribution in [-0.4, -0.2) is 84.2 Å². The summed E-state index contributed by atoms with van der Waals surface area (Å²) in [7, 11) is 0. The third-order valence-electron chi connectivity index (χ3n) is 11.1. The van der Waals surface area contributed by atoms with Crippen LogP contribution in [0.3, 0.4) is 0 Å². The lowest BCUT2D eigenvalue weighted by atomic mass is 9.96. The summed E-state index contributed by atoms with van der Waals surface area (Å²) in [6, 6.07) is 2.27. The summed E-state index contributed by atoms with van der Waals surface area (Å²) in [4.78, 5) is 45.0. The van der Waals surface area contributed by atoms with E-state index in [0.717, 1.165) is 63.9 Å². The van der Waals surface area contributed by atoms with Crippen LogP contribution in [0.4, 0.5) is 8.78 Å². The van der Waals surface area contributed by atoms with Gasteiger partial charge in [0.15, 0.2) is 0 Å². The molecule has 0 aromatic heterocycles. The third-order valence-corrected chi connectivity index (χ3v) is 11.1. The fourth-order valence-electron chi connectivity index (χ4n) is 8.24. The molecular formula is C37H57F2N5O4. The van der Waals surface area contributed by atoms with Crippen LogP contribution < -0.4 is 16.0 Å². The molecule has 1 aromatic rings. The van der Waals surface area contributed by atoms with Crippen molar-refractivity contribution in [2.75, 3.05) is 26.3 Å². The van der Waals surface area contributed by atoms with Crippen LogP contribution >= 0.6 is 0 Å². The smallest absolute Gasteiger partial charge is 0.243 e. The SMILES string of the molecule is C[C@H](NC(=O)[C@H](CC(=O)N1CCCC[C@@H]1C)NC(=O)CC1CCOCC1)C1NC(c2ccc(F)cc2F)CN1C1CCCCCCCC1. The number of hydrogen-bond acceptors (Lipinski definition) is 6. The highest BCUT2D eigenvalue weighted by Gasteiger charge is 2.41. The minimum atomic E-state index is -1.01. The first-order chi connectivity index (χ1) is 23.2. The van der Waals surface area contributed by atoms with Gasteiger partial charge in [0, 0.05) is 62.5 Å². The summed E-state index contributed by atoms with van der Waals surface area (Å²) in [5.41, 5.74) is 0.407. The Hall–Kier alpha value is -2.63. The van der Waals surface area contributed by atoms with E-state index < -0.39 is 29.6 Å². The number of ether oxygens (including phenoxy) is 1. The van der Waals surface area contributed by atoms with Gasteiger partial charge >= 0.3 is 0 Å².